The van der Waals surface area contributed by atoms with E-state index >= 15 is 0 Å². The van der Waals surface area contributed by atoms with Crippen LogP contribution >= 0.6 is 0 Å². The molecule has 1 heterocycles. The average Bonchev–Trinajstić information content (AvgIpc) is 3.66. The molecule has 0 radical (unpaired) electrons. The van der Waals surface area contributed by atoms with Gasteiger partial charge in [-0.15, -0.1) is 0 Å². The zero-order chi connectivity index (χ0) is 36.1. The first-order chi connectivity index (χ1) is 25.7. The van der Waals surface area contributed by atoms with E-state index in [4.69, 9.17) is 4.42 Å². The van der Waals surface area contributed by atoms with Crippen molar-refractivity contribution in [1.82, 2.24) is 0 Å². The van der Waals surface area contributed by atoms with E-state index < -0.39 is 0 Å². The van der Waals surface area contributed by atoms with Gasteiger partial charge in [-0.2, -0.15) is 0 Å². The Bertz CT molecular complexity index is 2900. The van der Waals surface area contributed by atoms with Crippen LogP contribution in [-0.2, 0) is 10.8 Å². The van der Waals surface area contributed by atoms with Crippen LogP contribution in [0.3, 0.4) is 0 Å². The van der Waals surface area contributed by atoms with Crippen molar-refractivity contribution in [3.8, 4) is 22.3 Å². The van der Waals surface area contributed by atoms with Crippen molar-refractivity contribution in [2.45, 2.75) is 45.4 Å². The molecular formula is C51H41NO. The van der Waals surface area contributed by atoms with Crippen molar-refractivity contribution < 1.29 is 4.42 Å². The molecule has 1 aliphatic rings. The molecule has 0 N–H and O–H groups in total. The molecule has 10 rings (SSSR count). The Morgan fingerprint density at radius 3 is 1.91 bits per heavy atom. The van der Waals surface area contributed by atoms with Crippen LogP contribution in [0.2, 0.25) is 0 Å². The minimum absolute atomic E-state index is 0.0430. The molecule has 0 spiro atoms. The molecule has 0 fully saturated rings. The SMILES string of the molecule is CC(C)(C)c1ccc(N(c2ccc3c(c2)C(C)(C)c2cc4ccccc4cc2-3)c2ccc3ccccc3c2-c2cccc3c2oc2ccccc23)cc1. The summed E-state index contributed by atoms with van der Waals surface area (Å²) in [6, 6.07) is 58.1. The highest BCUT2D eigenvalue weighted by atomic mass is 16.3. The molecule has 1 aromatic heterocycles. The molecule has 0 saturated heterocycles. The number of rotatable bonds is 4. The van der Waals surface area contributed by atoms with Crippen LogP contribution in [0, 0.1) is 0 Å². The maximum atomic E-state index is 6.72. The minimum atomic E-state index is -0.168. The van der Waals surface area contributed by atoms with E-state index in [0.717, 1.165) is 50.1 Å². The molecule has 9 aromatic rings. The van der Waals surface area contributed by atoms with Crippen molar-refractivity contribution in [3.63, 3.8) is 0 Å². The van der Waals surface area contributed by atoms with Gasteiger partial charge in [-0.3, -0.25) is 0 Å². The first-order valence-electron chi connectivity index (χ1n) is 18.7. The van der Waals surface area contributed by atoms with Crippen molar-refractivity contribution in [2.24, 2.45) is 0 Å². The second-order valence-electron chi connectivity index (χ2n) is 16.2. The van der Waals surface area contributed by atoms with E-state index in [9.17, 15) is 0 Å². The van der Waals surface area contributed by atoms with Crippen molar-refractivity contribution >= 4 is 60.5 Å². The fourth-order valence-corrected chi connectivity index (χ4v) is 8.76. The van der Waals surface area contributed by atoms with Crippen LogP contribution < -0.4 is 4.90 Å². The number of hydrogen-bond acceptors (Lipinski definition) is 2. The van der Waals surface area contributed by atoms with Gasteiger partial charge in [0.25, 0.3) is 0 Å². The predicted molar refractivity (Wildman–Crippen MR) is 225 cm³/mol. The summed E-state index contributed by atoms with van der Waals surface area (Å²) in [4.78, 5) is 2.46. The molecule has 0 bridgehead atoms. The number of nitrogens with zero attached hydrogens (tertiary/aromatic N) is 1. The third-order valence-electron chi connectivity index (χ3n) is 11.6. The van der Waals surface area contributed by atoms with Gasteiger partial charge in [0.1, 0.15) is 11.2 Å². The summed E-state index contributed by atoms with van der Waals surface area (Å²) in [6.45, 7) is 11.6. The van der Waals surface area contributed by atoms with Gasteiger partial charge in [0.15, 0.2) is 0 Å². The van der Waals surface area contributed by atoms with E-state index in [-0.39, 0.29) is 10.8 Å². The summed E-state index contributed by atoms with van der Waals surface area (Å²) in [5, 5.41) is 7.21. The number of anilines is 3. The molecule has 256 valence electrons. The van der Waals surface area contributed by atoms with Crippen molar-refractivity contribution in [1.29, 1.82) is 0 Å². The van der Waals surface area contributed by atoms with Gasteiger partial charge >= 0.3 is 0 Å². The summed E-state index contributed by atoms with van der Waals surface area (Å²) in [7, 11) is 0. The quantitative estimate of drug-likeness (QED) is 0.184. The van der Waals surface area contributed by atoms with Crippen LogP contribution in [0.25, 0.3) is 65.7 Å². The van der Waals surface area contributed by atoms with Crippen LogP contribution in [0.1, 0.15) is 51.3 Å². The molecule has 0 amide bonds. The van der Waals surface area contributed by atoms with Crippen molar-refractivity contribution in [2.75, 3.05) is 4.90 Å². The molecule has 1 aliphatic carbocycles. The molecule has 0 aliphatic heterocycles. The Balaban J connectivity index is 1.25. The second kappa shape index (κ2) is 11.4. The highest BCUT2D eigenvalue weighted by molar-refractivity contribution is 6.15. The third-order valence-corrected chi connectivity index (χ3v) is 11.6. The summed E-state index contributed by atoms with van der Waals surface area (Å²) in [6.07, 6.45) is 0. The van der Waals surface area contributed by atoms with E-state index in [1.54, 1.807) is 0 Å². The fraction of sp³-hybridized carbons (Fsp3) is 0.137. The fourth-order valence-electron chi connectivity index (χ4n) is 8.76. The number of hydrogen-bond donors (Lipinski definition) is 0. The summed E-state index contributed by atoms with van der Waals surface area (Å²) in [5.41, 5.74) is 14.0. The zero-order valence-electron chi connectivity index (χ0n) is 30.9. The molecule has 2 nitrogen and oxygen atoms in total. The van der Waals surface area contributed by atoms with E-state index in [2.05, 4.69) is 191 Å². The number of benzene rings is 8. The van der Waals surface area contributed by atoms with Gasteiger partial charge < -0.3 is 9.32 Å². The molecule has 8 aromatic carbocycles. The van der Waals surface area contributed by atoms with Gasteiger partial charge in [0.05, 0.1) is 5.69 Å². The Kier molecular flexibility index (Phi) is 6.82. The lowest BCUT2D eigenvalue weighted by atomic mass is 9.81. The zero-order valence-corrected chi connectivity index (χ0v) is 30.9. The molecule has 0 atom stereocenters. The number of fused-ring (bicyclic) bond motifs is 8. The first kappa shape index (κ1) is 31.6. The van der Waals surface area contributed by atoms with Gasteiger partial charge in [-0.25, -0.2) is 0 Å². The van der Waals surface area contributed by atoms with Gasteiger partial charge in [0, 0.05) is 38.7 Å². The normalized spacial score (nSPS) is 13.5. The Hall–Kier alpha value is -6.12. The first-order valence-corrected chi connectivity index (χ1v) is 18.7. The second-order valence-corrected chi connectivity index (χ2v) is 16.2. The Labute approximate surface area is 310 Å². The van der Waals surface area contributed by atoms with E-state index in [0.29, 0.717) is 0 Å². The van der Waals surface area contributed by atoms with Gasteiger partial charge in [0.2, 0.25) is 0 Å². The third kappa shape index (κ3) is 4.86. The largest absolute Gasteiger partial charge is 0.455 e. The smallest absolute Gasteiger partial charge is 0.143 e. The lowest BCUT2D eigenvalue weighted by molar-refractivity contribution is 0.590. The maximum absolute atomic E-state index is 6.72. The predicted octanol–water partition coefficient (Wildman–Crippen LogP) is 14.6. The maximum Gasteiger partial charge on any atom is 0.143 e. The summed E-state index contributed by atoms with van der Waals surface area (Å²) < 4.78 is 6.72. The molecule has 2 heteroatoms. The minimum Gasteiger partial charge on any atom is -0.455 e. The molecule has 0 saturated carbocycles. The molecular weight excluding hydrogens is 643 g/mol. The summed E-state index contributed by atoms with van der Waals surface area (Å²) >= 11 is 0. The molecule has 53 heavy (non-hydrogen) atoms. The lowest BCUT2D eigenvalue weighted by Crippen LogP contribution is -2.17. The van der Waals surface area contributed by atoms with Crippen LogP contribution in [0.15, 0.2) is 162 Å². The number of para-hydroxylation sites is 2. The highest BCUT2D eigenvalue weighted by Gasteiger charge is 2.36. The van der Waals surface area contributed by atoms with E-state index in [1.165, 1.54) is 49.4 Å². The average molecular weight is 684 g/mol. The number of furan rings is 1. The van der Waals surface area contributed by atoms with Gasteiger partial charge in [-0.1, -0.05) is 144 Å². The van der Waals surface area contributed by atoms with E-state index in [1.807, 2.05) is 6.07 Å². The summed E-state index contributed by atoms with van der Waals surface area (Å²) in [5.74, 6) is 0. The Morgan fingerprint density at radius 2 is 1.13 bits per heavy atom. The van der Waals surface area contributed by atoms with Crippen molar-refractivity contribution in [3.05, 3.63) is 174 Å². The van der Waals surface area contributed by atoms with Crippen LogP contribution in [0.4, 0.5) is 17.1 Å². The highest BCUT2D eigenvalue weighted by Crippen LogP contribution is 2.53. The van der Waals surface area contributed by atoms with Crippen LogP contribution in [-0.4, -0.2) is 0 Å². The van der Waals surface area contributed by atoms with Crippen LogP contribution in [0.5, 0.6) is 0 Å². The Morgan fingerprint density at radius 1 is 0.491 bits per heavy atom. The molecule has 0 unspecified atom stereocenters. The lowest BCUT2D eigenvalue weighted by Gasteiger charge is -2.31. The van der Waals surface area contributed by atoms with Gasteiger partial charge in [-0.05, 0) is 103 Å². The monoisotopic (exact) mass is 683 g/mol. The standard InChI is InChI=1S/C51H41NO/c1-50(2,3)35-22-24-36(25-23-35)52(37-26-27-39-43-29-33-14-6-7-15-34(33)30-44(43)51(4,5)45(39)31-37)46-28-21-32-13-8-9-16-38(32)48(46)42-19-12-18-41-40-17-10-11-20-47(40)53-49(41)42/h6-31H,1-5H3. The topological polar surface area (TPSA) is 16.4 Å².